The van der Waals surface area contributed by atoms with Crippen LogP contribution < -0.4 is 11.1 Å². The summed E-state index contributed by atoms with van der Waals surface area (Å²) < 4.78 is 27.5. The lowest BCUT2D eigenvalue weighted by molar-refractivity contribution is -0.121. The largest absolute Gasteiger partial charge is 0.354 e. The molecule has 1 saturated heterocycles. The summed E-state index contributed by atoms with van der Waals surface area (Å²) in [6.45, 7) is 2.86. The summed E-state index contributed by atoms with van der Waals surface area (Å²) in [7, 11) is -3.69. The SMILES string of the molecule is Cc1ccc(S(=O)(=O)N2CCCCC2CNC(=O)CCN)c(Cl)c1. The number of piperidine rings is 1. The van der Waals surface area contributed by atoms with Crippen molar-refractivity contribution in [3.05, 3.63) is 28.8 Å². The Bertz CT molecular complexity index is 694. The van der Waals surface area contributed by atoms with Crippen LogP contribution in [0.3, 0.4) is 0 Å². The Morgan fingerprint density at radius 3 is 2.83 bits per heavy atom. The predicted octanol–water partition coefficient (Wildman–Crippen LogP) is 1.66. The fourth-order valence-electron chi connectivity index (χ4n) is 2.89. The van der Waals surface area contributed by atoms with Gasteiger partial charge in [0.05, 0.1) is 5.02 Å². The molecule has 0 spiro atoms. The van der Waals surface area contributed by atoms with Crippen molar-refractivity contribution in [2.45, 2.75) is 43.5 Å². The molecule has 8 heteroatoms. The van der Waals surface area contributed by atoms with Crippen LogP contribution in [-0.2, 0) is 14.8 Å². The predicted molar refractivity (Wildman–Crippen MR) is 94.4 cm³/mol. The maximum absolute atomic E-state index is 13.0. The summed E-state index contributed by atoms with van der Waals surface area (Å²) >= 11 is 6.16. The molecule has 0 aromatic heterocycles. The number of carbonyl (C=O) groups is 1. The Morgan fingerprint density at radius 1 is 1.42 bits per heavy atom. The van der Waals surface area contributed by atoms with E-state index in [1.165, 1.54) is 4.31 Å². The van der Waals surface area contributed by atoms with E-state index in [-0.39, 0.29) is 34.8 Å². The van der Waals surface area contributed by atoms with Gasteiger partial charge >= 0.3 is 0 Å². The van der Waals surface area contributed by atoms with Crippen LogP contribution in [0, 0.1) is 6.92 Å². The molecule has 3 N–H and O–H groups in total. The van der Waals surface area contributed by atoms with Crippen LogP contribution in [-0.4, -0.2) is 44.3 Å². The highest BCUT2D eigenvalue weighted by atomic mass is 35.5. The number of nitrogens with two attached hydrogens (primary N) is 1. The number of halogens is 1. The Morgan fingerprint density at radius 2 is 2.17 bits per heavy atom. The zero-order chi connectivity index (χ0) is 17.7. The maximum Gasteiger partial charge on any atom is 0.244 e. The second-order valence-corrected chi connectivity index (χ2v) is 8.31. The minimum atomic E-state index is -3.69. The zero-order valence-corrected chi connectivity index (χ0v) is 15.4. The first-order chi connectivity index (χ1) is 11.4. The van der Waals surface area contributed by atoms with E-state index >= 15 is 0 Å². The molecular formula is C16H24ClN3O3S. The standard InChI is InChI=1S/C16H24ClN3O3S/c1-12-5-6-15(14(17)10-12)24(22,23)20-9-3-2-4-13(20)11-19-16(21)7-8-18/h5-6,10,13H,2-4,7-9,11,18H2,1H3,(H,19,21). The number of carbonyl (C=O) groups excluding carboxylic acids is 1. The molecular weight excluding hydrogens is 350 g/mol. The van der Waals surface area contributed by atoms with E-state index in [0.29, 0.717) is 19.5 Å². The lowest BCUT2D eigenvalue weighted by atomic mass is 10.1. The molecule has 134 valence electrons. The second kappa shape index (κ2) is 8.29. The average Bonchev–Trinajstić information content (AvgIpc) is 2.53. The van der Waals surface area contributed by atoms with Gasteiger partial charge in [-0.2, -0.15) is 4.31 Å². The third kappa shape index (κ3) is 4.47. The van der Waals surface area contributed by atoms with Gasteiger partial charge in [-0.1, -0.05) is 24.1 Å². The molecule has 0 aliphatic carbocycles. The third-order valence-corrected chi connectivity index (χ3v) is 6.59. The molecule has 2 rings (SSSR count). The van der Waals surface area contributed by atoms with Gasteiger partial charge in [-0.3, -0.25) is 4.79 Å². The maximum atomic E-state index is 13.0. The number of sulfonamides is 1. The first-order valence-electron chi connectivity index (χ1n) is 8.11. The number of benzene rings is 1. The molecule has 1 unspecified atom stereocenters. The summed E-state index contributed by atoms with van der Waals surface area (Å²) in [5, 5.41) is 3.00. The van der Waals surface area contributed by atoms with E-state index in [0.717, 1.165) is 18.4 Å². The second-order valence-electron chi connectivity index (χ2n) is 6.04. The van der Waals surface area contributed by atoms with Gasteiger partial charge in [-0.25, -0.2) is 8.42 Å². The number of amides is 1. The van der Waals surface area contributed by atoms with Crippen LogP contribution in [0.2, 0.25) is 5.02 Å². The number of hydrogen-bond acceptors (Lipinski definition) is 4. The Hall–Kier alpha value is -1.15. The molecule has 1 amide bonds. The fraction of sp³-hybridized carbons (Fsp3) is 0.562. The van der Waals surface area contributed by atoms with Crippen LogP contribution in [0.4, 0.5) is 0 Å². The first kappa shape index (κ1) is 19.2. The molecule has 0 bridgehead atoms. The lowest BCUT2D eigenvalue weighted by Crippen LogP contribution is -2.49. The minimum Gasteiger partial charge on any atom is -0.354 e. The summed E-state index contributed by atoms with van der Waals surface area (Å²) in [4.78, 5) is 11.7. The van der Waals surface area contributed by atoms with Crippen LogP contribution in [0.1, 0.15) is 31.2 Å². The zero-order valence-electron chi connectivity index (χ0n) is 13.8. The summed E-state index contributed by atoms with van der Waals surface area (Å²) in [6, 6.07) is 4.67. The quantitative estimate of drug-likeness (QED) is 0.793. The van der Waals surface area contributed by atoms with Gasteiger partial charge in [0.25, 0.3) is 0 Å². The molecule has 1 atom stereocenters. The molecule has 24 heavy (non-hydrogen) atoms. The highest BCUT2D eigenvalue weighted by molar-refractivity contribution is 7.89. The highest BCUT2D eigenvalue weighted by Crippen LogP contribution is 2.30. The molecule has 0 saturated carbocycles. The van der Waals surface area contributed by atoms with Crippen molar-refractivity contribution in [3.63, 3.8) is 0 Å². The Labute approximate surface area is 148 Å². The number of hydrogen-bond donors (Lipinski definition) is 2. The van der Waals surface area contributed by atoms with Crippen LogP contribution >= 0.6 is 11.6 Å². The van der Waals surface area contributed by atoms with Gasteiger partial charge in [0.15, 0.2) is 0 Å². The number of aryl methyl sites for hydroxylation is 1. The molecule has 1 aliphatic rings. The lowest BCUT2D eigenvalue weighted by Gasteiger charge is -2.35. The van der Waals surface area contributed by atoms with Gasteiger partial charge in [0.2, 0.25) is 15.9 Å². The molecule has 1 aliphatic heterocycles. The summed E-state index contributed by atoms with van der Waals surface area (Å²) in [5.41, 5.74) is 6.26. The molecule has 1 aromatic rings. The van der Waals surface area contributed by atoms with E-state index < -0.39 is 10.0 Å². The van der Waals surface area contributed by atoms with Crippen molar-refractivity contribution in [1.82, 2.24) is 9.62 Å². The fourth-order valence-corrected chi connectivity index (χ4v) is 5.15. The van der Waals surface area contributed by atoms with E-state index in [1.807, 2.05) is 6.92 Å². The van der Waals surface area contributed by atoms with E-state index in [4.69, 9.17) is 17.3 Å². The van der Waals surface area contributed by atoms with E-state index in [2.05, 4.69) is 5.32 Å². The Balaban J connectivity index is 2.20. The molecule has 1 fully saturated rings. The van der Waals surface area contributed by atoms with Crippen molar-refractivity contribution in [3.8, 4) is 0 Å². The van der Waals surface area contributed by atoms with Gasteiger partial charge in [0.1, 0.15) is 4.90 Å². The van der Waals surface area contributed by atoms with Gasteiger partial charge in [0, 0.05) is 32.1 Å². The monoisotopic (exact) mass is 373 g/mol. The normalized spacial score (nSPS) is 19.2. The summed E-state index contributed by atoms with van der Waals surface area (Å²) in [6.07, 6.45) is 2.69. The average molecular weight is 374 g/mol. The number of nitrogens with zero attached hydrogens (tertiary/aromatic N) is 1. The smallest absolute Gasteiger partial charge is 0.244 e. The van der Waals surface area contributed by atoms with Crippen molar-refractivity contribution in [2.75, 3.05) is 19.6 Å². The molecule has 0 radical (unpaired) electrons. The third-order valence-electron chi connectivity index (χ3n) is 4.15. The number of nitrogens with one attached hydrogen (secondary N) is 1. The van der Waals surface area contributed by atoms with Crippen LogP contribution in [0.15, 0.2) is 23.1 Å². The number of rotatable bonds is 6. The summed E-state index contributed by atoms with van der Waals surface area (Å²) in [5.74, 6) is -0.159. The van der Waals surface area contributed by atoms with Gasteiger partial charge < -0.3 is 11.1 Å². The van der Waals surface area contributed by atoms with Crippen LogP contribution in [0.5, 0.6) is 0 Å². The van der Waals surface area contributed by atoms with Gasteiger partial charge in [-0.15, -0.1) is 0 Å². The van der Waals surface area contributed by atoms with E-state index in [9.17, 15) is 13.2 Å². The highest BCUT2D eigenvalue weighted by Gasteiger charge is 2.34. The van der Waals surface area contributed by atoms with Crippen molar-refractivity contribution in [2.24, 2.45) is 5.73 Å². The first-order valence-corrected chi connectivity index (χ1v) is 9.93. The van der Waals surface area contributed by atoms with Crippen molar-refractivity contribution >= 4 is 27.5 Å². The molecule has 1 heterocycles. The van der Waals surface area contributed by atoms with Crippen molar-refractivity contribution < 1.29 is 13.2 Å². The topological polar surface area (TPSA) is 92.5 Å². The van der Waals surface area contributed by atoms with Gasteiger partial charge in [-0.05, 0) is 37.5 Å². The minimum absolute atomic E-state index is 0.120. The Kier molecular flexibility index (Phi) is 6.62. The van der Waals surface area contributed by atoms with Crippen molar-refractivity contribution in [1.29, 1.82) is 0 Å². The molecule has 1 aromatic carbocycles. The molecule has 6 nitrogen and oxygen atoms in total. The van der Waals surface area contributed by atoms with Crippen LogP contribution in [0.25, 0.3) is 0 Å². The van der Waals surface area contributed by atoms with E-state index in [1.54, 1.807) is 18.2 Å².